The summed E-state index contributed by atoms with van der Waals surface area (Å²) in [6, 6.07) is 9.01. The van der Waals surface area contributed by atoms with E-state index in [9.17, 15) is 9.90 Å². The molecule has 4 heteroatoms. The first-order chi connectivity index (χ1) is 8.16. The number of pyridine rings is 1. The first-order valence-corrected chi connectivity index (χ1v) is 5.27. The third-order valence-corrected chi connectivity index (χ3v) is 2.79. The van der Waals surface area contributed by atoms with Crippen LogP contribution in [-0.2, 0) is 0 Å². The lowest BCUT2D eigenvalue weighted by atomic mass is 10.2. The van der Waals surface area contributed by atoms with Crippen molar-refractivity contribution in [1.29, 1.82) is 0 Å². The second kappa shape index (κ2) is 3.31. The van der Waals surface area contributed by atoms with Gasteiger partial charge in [0.15, 0.2) is 5.78 Å². The number of para-hydroxylation sites is 1. The zero-order valence-electron chi connectivity index (χ0n) is 9.21. The maximum atomic E-state index is 11.3. The van der Waals surface area contributed by atoms with Crippen molar-refractivity contribution in [3.05, 3.63) is 42.2 Å². The molecule has 4 nitrogen and oxygen atoms in total. The summed E-state index contributed by atoms with van der Waals surface area (Å²) < 4.78 is 1.74. The number of aromatic hydroxyl groups is 1. The number of nitrogens with zero attached hydrogens (tertiary/aromatic N) is 2. The molecule has 1 N–H and O–H groups in total. The Hall–Kier alpha value is -2.36. The number of hydrogen-bond donors (Lipinski definition) is 1. The molecule has 0 radical (unpaired) electrons. The monoisotopic (exact) mass is 226 g/mol. The summed E-state index contributed by atoms with van der Waals surface area (Å²) in [5.74, 6) is 0.0953. The fourth-order valence-corrected chi connectivity index (χ4v) is 1.97. The number of rotatable bonds is 1. The normalized spacial score (nSPS) is 11.1. The number of phenols is 1. The number of Topliss-reactive ketones (excluding diaryl/α,β-unsaturated/α-hetero) is 1. The Labute approximate surface area is 97.1 Å². The van der Waals surface area contributed by atoms with Gasteiger partial charge in [0.2, 0.25) is 0 Å². The highest BCUT2D eigenvalue weighted by molar-refractivity contribution is 5.94. The molecule has 17 heavy (non-hydrogen) atoms. The molecule has 0 fully saturated rings. The van der Waals surface area contributed by atoms with Crippen molar-refractivity contribution in [3.63, 3.8) is 0 Å². The van der Waals surface area contributed by atoms with Gasteiger partial charge in [-0.3, -0.25) is 9.20 Å². The van der Waals surface area contributed by atoms with Crippen LogP contribution >= 0.6 is 0 Å². The van der Waals surface area contributed by atoms with Crippen LogP contribution in [0.4, 0.5) is 0 Å². The molecule has 0 atom stereocenters. The fraction of sp³-hybridized carbons (Fsp3) is 0.0769. The summed E-state index contributed by atoms with van der Waals surface area (Å²) in [6.07, 6.45) is 1.65. The second-order valence-electron chi connectivity index (χ2n) is 3.96. The molecule has 2 heterocycles. The van der Waals surface area contributed by atoms with Gasteiger partial charge in [0.25, 0.3) is 0 Å². The largest absolute Gasteiger partial charge is 0.506 e. The number of aromatic nitrogens is 2. The predicted molar refractivity (Wildman–Crippen MR) is 64.4 cm³/mol. The lowest BCUT2D eigenvalue weighted by Crippen LogP contribution is -1.90. The lowest BCUT2D eigenvalue weighted by molar-refractivity contribution is 0.101. The molecule has 0 unspecified atom stereocenters. The molecule has 0 aliphatic carbocycles. The Morgan fingerprint density at radius 1 is 1.29 bits per heavy atom. The zero-order chi connectivity index (χ0) is 12.0. The maximum absolute atomic E-state index is 11.3. The van der Waals surface area contributed by atoms with Gasteiger partial charge in [-0.15, -0.1) is 0 Å². The summed E-state index contributed by atoms with van der Waals surface area (Å²) >= 11 is 0. The van der Waals surface area contributed by atoms with Gasteiger partial charge in [0.05, 0.1) is 5.52 Å². The van der Waals surface area contributed by atoms with Crippen LogP contribution in [0.15, 0.2) is 36.5 Å². The van der Waals surface area contributed by atoms with E-state index in [2.05, 4.69) is 4.98 Å². The molecule has 0 amide bonds. The van der Waals surface area contributed by atoms with Gasteiger partial charge in [0.1, 0.15) is 17.1 Å². The van der Waals surface area contributed by atoms with Crippen LogP contribution in [0.25, 0.3) is 16.6 Å². The van der Waals surface area contributed by atoms with Gasteiger partial charge < -0.3 is 5.11 Å². The van der Waals surface area contributed by atoms with Gasteiger partial charge in [-0.25, -0.2) is 4.98 Å². The number of phenolic OH excluding ortho intramolecular Hbond substituents is 1. The van der Waals surface area contributed by atoms with Crippen LogP contribution in [0.1, 0.15) is 17.4 Å². The highest BCUT2D eigenvalue weighted by Crippen LogP contribution is 2.25. The van der Waals surface area contributed by atoms with Gasteiger partial charge >= 0.3 is 0 Å². The van der Waals surface area contributed by atoms with Crippen molar-refractivity contribution in [2.24, 2.45) is 0 Å². The molecule has 0 spiro atoms. The SMILES string of the molecule is CC(=O)c1cn2c(ccc3cccc(O)c32)n1. The summed E-state index contributed by atoms with van der Waals surface area (Å²) in [6.45, 7) is 1.48. The number of imidazole rings is 1. The summed E-state index contributed by atoms with van der Waals surface area (Å²) in [5, 5.41) is 10.8. The Morgan fingerprint density at radius 2 is 2.12 bits per heavy atom. The van der Waals surface area contributed by atoms with E-state index >= 15 is 0 Å². The minimum absolute atomic E-state index is 0.0859. The minimum Gasteiger partial charge on any atom is -0.506 e. The van der Waals surface area contributed by atoms with Crippen molar-refractivity contribution in [3.8, 4) is 5.75 Å². The first-order valence-electron chi connectivity index (χ1n) is 5.27. The van der Waals surface area contributed by atoms with Crippen molar-refractivity contribution < 1.29 is 9.90 Å². The van der Waals surface area contributed by atoms with Gasteiger partial charge in [-0.2, -0.15) is 0 Å². The van der Waals surface area contributed by atoms with Crippen molar-refractivity contribution in [1.82, 2.24) is 9.38 Å². The smallest absolute Gasteiger partial charge is 0.179 e. The van der Waals surface area contributed by atoms with E-state index in [1.54, 1.807) is 22.7 Å². The highest BCUT2D eigenvalue weighted by Gasteiger charge is 2.09. The van der Waals surface area contributed by atoms with E-state index < -0.39 is 0 Å². The van der Waals surface area contributed by atoms with Crippen LogP contribution in [0.3, 0.4) is 0 Å². The zero-order valence-corrected chi connectivity index (χ0v) is 9.21. The molecule has 0 saturated carbocycles. The van der Waals surface area contributed by atoms with Crippen LogP contribution in [0, 0.1) is 0 Å². The topological polar surface area (TPSA) is 54.6 Å². The third kappa shape index (κ3) is 1.38. The molecule has 1 aromatic carbocycles. The Bertz CT molecular complexity index is 744. The molecule has 2 aromatic heterocycles. The molecule has 0 aliphatic rings. The average molecular weight is 226 g/mol. The van der Waals surface area contributed by atoms with E-state index in [1.165, 1.54) is 6.92 Å². The molecule has 0 bridgehead atoms. The lowest BCUT2D eigenvalue weighted by Gasteiger charge is -2.03. The Balaban J connectivity index is 2.50. The van der Waals surface area contributed by atoms with E-state index in [-0.39, 0.29) is 11.5 Å². The van der Waals surface area contributed by atoms with Crippen molar-refractivity contribution >= 4 is 22.3 Å². The minimum atomic E-state index is -0.0859. The molecule has 84 valence electrons. The summed E-state index contributed by atoms with van der Waals surface area (Å²) in [7, 11) is 0. The van der Waals surface area contributed by atoms with Crippen LogP contribution < -0.4 is 0 Å². The van der Waals surface area contributed by atoms with Gasteiger partial charge in [-0.1, -0.05) is 12.1 Å². The second-order valence-corrected chi connectivity index (χ2v) is 3.96. The number of carbonyl (C=O) groups is 1. The molecule has 3 rings (SSSR count). The molecular weight excluding hydrogens is 216 g/mol. The quantitative estimate of drug-likeness (QED) is 0.648. The average Bonchev–Trinajstić information content (AvgIpc) is 2.73. The first kappa shape index (κ1) is 9.84. The number of hydrogen-bond acceptors (Lipinski definition) is 3. The number of benzene rings is 1. The Morgan fingerprint density at radius 3 is 2.88 bits per heavy atom. The van der Waals surface area contributed by atoms with E-state index in [0.29, 0.717) is 16.9 Å². The number of fused-ring (bicyclic) bond motifs is 3. The van der Waals surface area contributed by atoms with E-state index in [1.807, 2.05) is 18.2 Å². The maximum Gasteiger partial charge on any atom is 0.179 e. The Kier molecular flexibility index (Phi) is 1.92. The standard InChI is InChI=1S/C13H10N2O2/c1-8(16)10-7-15-12(14-10)6-5-9-3-2-4-11(17)13(9)15/h2-7,17H,1H3. The number of carbonyl (C=O) groups excluding carboxylic acids is 1. The number of ketones is 1. The highest BCUT2D eigenvalue weighted by atomic mass is 16.3. The third-order valence-electron chi connectivity index (χ3n) is 2.79. The molecular formula is C13H10N2O2. The molecule has 3 aromatic rings. The van der Waals surface area contributed by atoms with Crippen LogP contribution in [0.5, 0.6) is 5.75 Å². The van der Waals surface area contributed by atoms with E-state index in [4.69, 9.17) is 0 Å². The van der Waals surface area contributed by atoms with Crippen molar-refractivity contribution in [2.45, 2.75) is 6.92 Å². The van der Waals surface area contributed by atoms with Gasteiger partial charge in [0, 0.05) is 18.5 Å². The molecule has 0 saturated heterocycles. The van der Waals surface area contributed by atoms with Crippen LogP contribution in [0.2, 0.25) is 0 Å². The van der Waals surface area contributed by atoms with Crippen molar-refractivity contribution in [2.75, 3.05) is 0 Å². The van der Waals surface area contributed by atoms with E-state index in [0.717, 1.165) is 5.39 Å². The van der Waals surface area contributed by atoms with Gasteiger partial charge in [-0.05, 0) is 18.2 Å². The molecule has 0 aliphatic heterocycles. The summed E-state index contributed by atoms with van der Waals surface area (Å²) in [5.41, 5.74) is 1.73. The fourth-order valence-electron chi connectivity index (χ4n) is 1.97. The summed E-state index contributed by atoms with van der Waals surface area (Å²) in [4.78, 5) is 15.5. The van der Waals surface area contributed by atoms with Crippen LogP contribution in [-0.4, -0.2) is 20.3 Å². The predicted octanol–water partition coefficient (Wildman–Crippen LogP) is 2.40.